The van der Waals surface area contributed by atoms with Gasteiger partial charge >= 0.3 is 5.97 Å². The number of fused-ring (bicyclic) bond motifs is 2. The fourth-order valence-electron chi connectivity index (χ4n) is 6.10. The Kier molecular flexibility index (Phi) is 6.17. The molecular formula is C30H30FN7O3. The summed E-state index contributed by atoms with van der Waals surface area (Å²) in [6, 6.07) is 11.7. The van der Waals surface area contributed by atoms with Crippen molar-refractivity contribution in [3.63, 3.8) is 0 Å². The second-order valence-electron chi connectivity index (χ2n) is 11.1. The topological polar surface area (TPSA) is 106 Å². The van der Waals surface area contributed by atoms with Crippen molar-refractivity contribution in [1.29, 1.82) is 0 Å². The average Bonchev–Trinajstić information content (AvgIpc) is 3.55. The van der Waals surface area contributed by atoms with Gasteiger partial charge in [-0.1, -0.05) is 24.3 Å². The summed E-state index contributed by atoms with van der Waals surface area (Å²) in [4.78, 5) is 42.5. The summed E-state index contributed by atoms with van der Waals surface area (Å²) in [6.45, 7) is 3.64. The smallest absolute Gasteiger partial charge is 0.310 e. The van der Waals surface area contributed by atoms with E-state index in [2.05, 4.69) is 39.1 Å². The molecule has 0 spiro atoms. The number of hydrogen-bond donors (Lipinski definition) is 0. The van der Waals surface area contributed by atoms with E-state index < -0.39 is 5.95 Å². The molecule has 1 aromatic carbocycles. The number of ether oxygens (including phenoxy) is 1. The van der Waals surface area contributed by atoms with Crippen molar-refractivity contribution in [2.24, 2.45) is 5.92 Å². The number of hydrogen-bond acceptors (Lipinski definition) is 8. The van der Waals surface area contributed by atoms with Crippen molar-refractivity contribution in [2.75, 3.05) is 31.6 Å². The molecule has 210 valence electrons. The lowest BCUT2D eigenvalue weighted by Gasteiger charge is -2.35. The van der Waals surface area contributed by atoms with Gasteiger partial charge in [0.25, 0.3) is 5.91 Å². The minimum Gasteiger partial charge on any atom is -0.469 e. The Morgan fingerprint density at radius 1 is 1.07 bits per heavy atom. The second kappa shape index (κ2) is 9.90. The maximum Gasteiger partial charge on any atom is 0.310 e. The zero-order chi connectivity index (χ0) is 28.2. The maximum atomic E-state index is 15.3. The van der Waals surface area contributed by atoms with Gasteiger partial charge in [0, 0.05) is 37.3 Å². The first-order valence-electron chi connectivity index (χ1n) is 14.1. The molecule has 7 rings (SSSR count). The third-order valence-electron chi connectivity index (χ3n) is 8.53. The molecule has 0 N–H and O–H groups in total. The van der Waals surface area contributed by atoms with Gasteiger partial charge < -0.3 is 14.5 Å². The third-order valence-corrected chi connectivity index (χ3v) is 8.53. The molecule has 0 radical (unpaired) electrons. The zero-order valence-electron chi connectivity index (χ0n) is 23.0. The molecule has 0 unspecified atom stereocenters. The number of carbonyl (C=O) groups is 2. The van der Waals surface area contributed by atoms with Crippen LogP contribution in [0.3, 0.4) is 0 Å². The molecule has 3 aliphatic rings. The summed E-state index contributed by atoms with van der Waals surface area (Å²) in [5, 5.41) is 4.65. The largest absolute Gasteiger partial charge is 0.469 e. The number of aromatic nitrogens is 5. The van der Waals surface area contributed by atoms with Crippen LogP contribution in [0.4, 0.5) is 10.2 Å². The number of amides is 1. The van der Waals surface area contributed by atoms with Crippen LogP contribution in [0.1, 0.15) is 65.5 Å². The van der Waals surface area contributed by atoms with Crippen LogP contribution >= 0.6 is 0 Å². The van der Waals surface area contributed by atoms with Gasteiger partial charge in [-0.3, -0.25) is 9.59 Å². The minimum atomic E-state index is -0.752. The van der Waals surface area contributed by atoms with E-state index >= 15 is 4.39 Å². The monoisotopic (exact) mass is 555 g/mol. The van der Waals surface area contributed by atoms with Crippen LogP contribution < -0.4 is 4.90 Å². The highest BCUT2D eigenvalue weighted by molar-refractivity contribution is 5.93. The van der Waals surface area contributed by atoms with Crippen LogP contribution in [-0.2, 0) is 16.0 Å². The molecule has 1 aliphatic carbocycles. The van der Waals surface area contributed by atoms with Crippen LogP contribution in [0.15, 0.2) is 42.6 Å². The molecule has 1 amide bonds. The van der Waals surface area contributed by atoms with E-state index in [0.717, 1.165) is 30.5 Å². The van der Waals surface area contributed by atoms with Crippen LogP contribution in [0.5, 0.6) is 0 Å². The number of anilines is 1. The van der Waals surface area contributed by atoms with Gasteiger partial charge in [-0.15, -0.1) is 0 Å². The van der Waals surface area contributed by atoms with Crippen molar-refractivity contribution in [3.05, 3.63) is 71.1 Å². The molecule has 2 atom stereocenters. The molecule has 3 aromatic heterocycles. The Bertz CT molecular complexity index is 1680. The predicted octanol–water partition coefficient (Wildman–Crippen LogP) is 3.96. The van der Waals surface area contributed by atoms with E-state index in [0.29, 0.717) is 48.9 Å². The Hall–Kier alpha value is -4.41. The summed E-state index contributed by atoms with van der Waals surface area (Å²) in [6.07, 6.45) is 4.92. The summed E-state index contributed by atoms with van der Waals surface area (Å²) in [5.74, 6) is -0.783. The van der Waals surface area contributed by atoms with E-state index in [-0.39, 0.29) is 35.4 Å². The molecule has 1 saturated carbocycles. The Balaban J connectivity index is 1.19. The van der Waals surface area contributed by atoms with Crippen molar-refractivity contribution in [3.8, 4) is 11.4 Å². The number of nitrogens with zero attached hydrogens (tertiary/aromatic N) is 7. The van der Waals surface area contributed by atoms with Gasteiger partial charge in [-0.25, -0.2) is 14.5 Å². The van der Waals surface area contributed by atoms with Crippen LogP contribution in [-0.4, -0.2) is 68.1 Å². The first kappa shape index (κ1) is 25.6. The van der Waals surface area contributed by atoms with Crippen molar-refractivity contribution >= 4 is 23.3 Å². The normalized spacial score (nSPS) is 20.4. The van der Waals surface area contributed by atoms with Crippen LogP contribution in [0.2, 0.25) is 0 Å². The van der Waals surface area contributed by atoms with Crippen LogP contribution in [0, 0.1) is 11.9 Å². The summed E-state index contributed by atoms with van der Waals surface area (Å²) < 4.78 is 21.8. The van der Waals surface area contributed by atoms with Gasteiger partial charge in [0.1, 0.15) is 22.9 Å². The van der Waals surface area contributed by atoms with Crippen molar-refractivity contribution < 1.29 is 18.7 Å². The highest BCUT2D eigenvalue weighted by Crippen LogP contribution is 2.41. The highest BCUT2D eigenvalue weighted by Gasteiger charge is 2.33. The van der Waals surface area contributed by atoms with E-state index in [1.165, 1.54) is 18.9 Å². The Morgan fingerprint density at radius 3 is 2.68 bits per heavy atom. The number of benzene rings is 1. The molecule has 4 aromatic rings. The van der Waals surface area contributed by atoms with E-state index in [1.54, 1.807) is 10.6 Å². The van der Waals surface area contributed by atoms with Crippen LogP contribution in [0.25, 0.3) is 17.0 Å². The standard InChI is InChI=1S/C30H30FN7O3/c1-17-21-6-4-3-5-18(21)10-12-37(17)29(39)23-13-24(19-7-8-19)38-25(33-23)14-22(35-38)27-28(31)34-26(15-32-27)36-11-9-20(16-36)30(40)41-2/h3-6,13-15,17,19-20H,7-12,16H2,1-2H3/t17-,20+/m1/s1. The van der Waals surface area contributed by atoms with E-state index in [9.17, 15) is 9.59 Å². The lowest BCUT2D eigenvalue weighted by atomic mass is 9.93. The molecule has 1 saturated heterocycles. The Morgan fingerprint density at radius 2 is 1.90 bits per heavy atom. The average molecular weight is 556 g/mol. The first-order chi connectivity index (χ1) is 19.9. The minimum absolute atomic E-state index is 0.0128. The number of esters is 1. The quantitative estimate of drug-likeness (QED) is 0.341. The van der Waals surface area contributed by atoms with E-state index in [4.69, 9.17) is 4.74 Å². The molecule has 5 heterocycles. The second-order valence-corrected chi connectivity index (χ2v) is 11.1. The molecule has 2 aliphatic heterocycles. The maximum absolute atomic E-state index is 15.3. The molecule has 41 heavy (non-hydrogen) atoms. The summed E-state index contributed by atoms with van der Waals surface area (Å²) in [7, 11) is 1.36. The third kappa shape index (κ3) is 4.49. The highest BCUT2D eigenvalue weighted by atomic mass is 19.1. The number of carbonyl (C=O) groups excluding carboxylic acids is 2. The molecule has 2 fully saturated rings. The fraction of sp³-hybridized carbons (Fsp3) is 0.400. The summed E-state index contributed by atoms with van der Waals surface area (Å²) >= 11 is 0. The molecule has 10 nitrogen and oxygen atoms in total. The Labute approximate surface area is 236 Å². The fourth-order valence-corrected chi connectivity index (χ4v) is 6.10. The lowest BCUT2D eigenvalue weighted by Crippen LogP contribution is -2.39. The number of rotatable bonds is 5. The molecule has 11 heteroatoms. The molecular weight excluding hydrogens is 525 g/mol. The first-order valence-corrected chi connectivity index (χ1v) is 14.1. The van der Waals surface area contributed by atoms with Gasteiger partial charge in [0.15, 0.2) is 5.65 Å². The van der Waals surface area contributed by atoms with Gasteiger partial charge in [-0.05, 0) is 49.8 Å². The van der Waals surface area contributed by atoms with Gasteiger partial charge in [0.2, 0.25) is 5.95 Å². The summed E-state index contributed by atoms with van der Waals surface area (Å²) in [5.41, 5.74) is 4.49. The van der Waals surface area contributed by atoms with Crippen molar-refractivity contribution in [2.45, 2.75) is 44.6 Å². The lowest BCUT2D eigenvalue weighted by molar-refractivity contribution is -0.144. The number of methoxy groups -OCH3 is 1. The van der Waals surface area contributed by atoms with Gasteiger partial charge in [0.05, 0.1) is 25.3 Å². The zero-order valence-corrected chi connectivity index (χ0v) is 23.0. The molecule has 0 bridgehead atoms. The number of halogens is 1. The van der Waals surface area contributed by atoms with Gasteiger partial charge in [-0.2, -0.15) is 14.5 Å². The SMILES string of the molecule is COC(=O)[C@H]1CCN(c2cnc(-c3cc4nc(C(=O)N5CCc6ccccc6[C@H]5C)cc(C5CC5)n4n3)c(F)n2)C1. The predicted molar refractivity (Wildman–Crippen MR) is 148 cm³/mol. The van der Waals surface area contributed by atoms with E-state index in [1.807, 2.05) is 28.0 Å². The van der Waals surface area contributed by atoms with Crippen molar-refractivity contribution in [1.82, 2.24) is 29.5 Å².